The Labute approximate surface area is 102 Å². The van der Waals surface area contributed by atoms with Crippen molar-refractivity contribution in [1.29, 1.82) is 0 Å². The summed E-state index contributed by atoms with van der Waals surface area (Å²) in [5.74, 6) is 1.85. The van der Waals surface area contributed by atoms with Crippen molar-refractivity contribution in [3.8, 4) is 17.2 Å². The van der Waals surface area contributed by atoms with E-state index in [9.17, 15) is 5.11 Å². The third-order valence-electron chi connectivity index (χ3n) is 2.23. The largest absolute Gasteiger partial charge is 0.493 e. The molecule has 0 aromatic heterocycles. The van der Waals surface area contributed by atoms with Gasteiger partial charge in [-0.3, -0.25) is 0 Å². The van der Waals surface area contributed by atoms with Gasteiger partial charge in [-0.1, -0.05) is 0 Å². The summed E-state index contributed by atoms with van der Waals surface area (Å²) in [6.07, 6.45) is 0. The van der Waals surface area contributed by atoms with Crippen LogP contribution in [0.25, 0.3) is 0 Å². The van der Waals surface area contributed by atoms with E-state index in [4.69, 9.17) is 14.2 Å². The first-order valence-electron chi connectivity index (χ1n) is 5.93. The third-order valence-corrected chi connectivity index (χ3v) is 2.23. The zero-order valence-electron chi connectivity index (χ0n) is 10.7. The molecule has 0 aliphatic heterocycles. The van der Waals surface area contributed by atoms with Crippen molar-refractivity contribution < 1.29 is 19.3 Å². The first-order valence-corrected chi connectivity index (χ1v) is 5.93. The fourth-order valence-corrected chi connectivity index (χ4v) is 1.60. The number of benzene rings is 1. The van der Waals surface area contributed by atoms with Gasteiger partial charge in [-0.2, -0.15) is 0 Å². The Bertz CT molecular complexity index is 350. The summed E-state index contributed by atoms with van der Waals surface area (Å²) in [5.41, 5.74) is 0.639. The van der Waals surface area contributed by atoms with Gasteiger partial charge in [-0.05, 0) is 32.9 Å². The van der Waals surface area contributed by atoms with Gasteiger partial charge in [0, 0.05) is 0 Å². The van der Waals surface area contributed by atoms with E-state index in [1.54, 1.807) is 12.1 Å². The van der Waals surface area contributed by atoms with Crippen LogP contribution in [-0.4, -0.2) is 24.9 Å². The molecule has 1 rings (SSSR count). The van der Waals surface area contributed by atoms with Crippen molar-refractivity contribution in [1.82, 2.24) is 0 Å². The van der Waals surface area contributed by atoms with Crippen LogP contribution in [0.4, 0.5) is 0 Å². The van der Waals surface area contributed by atoms with E-state index in [-0.39, 0.29) is 6.61 Å². The summed E-state index contributed by atoms with van der Waals surface area (Å²) < 4.78 is 16.5. The molecule has 4 heteroatoms. The fraction of sp³-hybridized carbons (Fsp3) is 0.538. The molecule has 4 nitrogen and oxygen atoms in total. The molecule has 0 heterocycles. The van der Waals surface area contributed by atoms with Gasteiger partial charge in [-0.15, -0.1) is 0 Å². The lowest BCUT2D eigenvalue weighted by Gasteiger charge is -2.17. The van der Waals surface area contributed by atoms with Crippen LogP contribution in [0.3, 0.4) is 0 Å². The number of hydrogen-bond donors (Lipinski definition) is 1. The van der Waals surface area contributed by atoms with E-state index < -0.39 is 0 Å². The lowest BCUT2D eigenvalue weighted by molar-refractivity contribution is 0.242. The van der Waals surface area contributed by atoms with Crippen molar-refractivity contribution in [3.63, 3.8) is 0 Å². The quantitative estimate of drug-likeness (QED) is 0.795. The lowest BCUT2D eigenvalue weighted by Crippen LogP contribution is -2.04. The Kier molecular flexibility index (Phi) is 5.63. The second-order valence-corrected chi connectivity index (χ2v) is 3.33. The van der Waals surface area contributed by atoms with Crippen LogP contribution < -0.4 is 14.2 Å². The molecular weight excluding hydrogens is 220 g/mol. The molecular formula is C13H20O4. The van der Waals surface area contributed by atoms with Gasteiger partial charge < -0.3 is 19.3 Å². The SMILES string of the molecule is CCOc1ccc(OCC)c(OCC)c1CO. The number of ether oxygens (including phenoxy) is 3. The molecule has 96 valence electrons. The van der Waals surface area contributed by atoms with Crippen LogP contribution >= 0.6 is 0 Å². The van der Waals surface area contributed by atoms with Crippen LogP contribution in [-0.2, 0) is 6.61 Å². The Morgan fingerprint density at radius 2 is 1.41 bits per heavy atom. The van der Waals surface area contributed by atoms with E-state index in [2.05, 4.69) is 0 Å². The summed E-state index contributed by atoms with van der Waals surface area (Å²) in [5, 5.41) is 9.43. The van der Waals surface area contributed by atoms with E-state index in [0.717, 1.165) is 0 Å². The predicted molar refractivity (Wildman–Crippen MR) is 65.9 cm³/mol. The first-order chi connectivity index (χ1) is 8.28. The number of rotatable bonds is 7. The van der Waals surface area contributed by atoms with Gasteiger partial charge in [0.05, 0.1) is 32.0 Å². The highest BCUT2D eigenvalue weighted by Gasteiger charge is 2.15. The molecule has 1 N–H and O–H groups in total. The van der Waals surface area contributed by atoms with Crippen LogP contribution in [0.5, 0.6) is 17.2 Å². The molecule has 0 amide bonds. The molecule has 0 atom stereocenters. The molecule has 1 aromatic carbocycles. The lowest BCUT2D eigenvalue weighted by atomic mass is 10.1. The highest BCUT2D eigenvalue weighted by atomic mass is 16.5. The van der Waals surface area contributed by atoms with Crippen molar-refractivity contribution in [2.24, 2.45) is 0 Å². The molecule has 17 heavy (non-hydrogen) atoms. The van der Waals surface area contributed by atoms with Gasteiger partial charge in [0.2, 0.25) is 0 Å². The summed E-state index contributed by atoms with van der Waals surface area (Å²) in [7, 11) is 0. The van der Waals surface area contributed by atoms with Crippen molar-refractivity contribution >= 4 is 0 Å². The number of hydrogen-bond acceptors (Lipinski definition) is 4. The molecule has 0 spiro atoms. The van der Waals surface area contributed by atoms with Gasteiger partial charge in [-0.25, -0.2) is 0 Å². The average Bonchev–Trinajstić information content (AvgIpc) is 2.33. The van der Waals surface area contributed by atoms with Gasteiger partial charge >= 0.3 is 0 Å². The third kappa shape index (κ3) is 3.27. The molecule has 0 aliphatic carbocycles. The topological polar surface area (TPSA) is 47.9 Å². The van der Waals surface area contributed by atoms with Crippen molar-refractivity contribution in [2.75, 3.05) is 19.8 Å². The highest BCUT2D eigenvalue weighted by molar-refractivity contribution is 5.53. The molecule has 0 saturated carbocycles. The molecule has 0 saturated heterocycles. The summed E-state index contributed by atoms with van der Waals surface area (Å²) >= 11 is 0. The smallest absolute Gasteiger partial charge is 0.170 e. The second-order valence-electron chi connectivity index (χ2n) is 3.33. The minimum atomic E-state index is -0.133. The maximum Gasteiger partial charge on any atom is 0.170 e. The van der Waals surface area contributed by atoms with Gasteiger partial charge in [0.15, 0.2) is 11.5 Å². The fourth-order valence-electron chi connectivity index (χ4n) is 1.60. The minimum Gasteiger partial charge on any atom is -0.493 e. The minimum absolute atomic E-state index is 0.133. The Hall–Kier alpha value is -1.42. The van der Waals surface area contributed by atoms with Crippen LogP contribution in [0.1, 0.15) is 26.3 Å². The van der Waals surface area contributed by atoms with Crippen molar-refractivity contribution in [3.05, 3.63) is 17.7 Å². The maximum atomic E-state index is 9.43. The standard InChI is InChI=1S/C13H20O4/c1-4-15-11-7-8-12(16-5-2)13(17-6-3)10(11)9-14/h7-8,14H,4-6,9H2,1-3H3. The highest BCUT2D eigenvalue weighted by Crippen LogP contribution is 2.37. The Morgan fingerprint density at radius 1 is 0.882 bits per heavy atom. The van der Waals surface area contributed by atoms with Gasteiger partial charge in [0.25, 0.3) is 0 Å². The van der Waals surface area contributed by atoms with E-state index in [0.29, 0.717) is 42.6 Å². The number of aliphatic hydroxyl groups is 1. The normalized spacial score (nSPS) is 10.1. The Morgan fingerprint density at radius 3 is 1.94 bits per heavy atom. The predicted octanol–water partition coefficient (Wildman–Crippen LogP) is 2.38. The molecule has 0 aliphatic rings. The zero-order valence-corrected chi connectivity index (χ0v) is 10.7. The zero-order chi connectivity index (χ0) is 12.7. The van der Waals surface area contributed by atoms with E-state index >= 15 is 0 Å². The monoisotopic (exact) mass is 240 g/mol. The van der Waals surface area contributed by atoms with E-state index in [1.165, 1.54) is 0 Å². The van der Waals surface area contributed by atoms with Crippen LogP contribution in [0.2, 0.25) is 0 Å². The average molecular weight is 240 g/mol. The van der Waals surface area contributed by atoms with Gasteiger partial charge in [0.1, 0.15) is 5.75 Å². The summed E-state index contributed by atoms with van der Waals surface area (Å²) in [4.78, 5) is 0. The second kappa shape index (κ2) is 7.01. The van der Waals surface area contributed by atoms with Crippen LogP contribution in [0, 0.1) is 0 Å². The molecule has 0 fully saturated rings. The molecule has 1 aromatic rings. The summed E-state index contributed by atoms with van der Waals surface area (Å²) in [6.45, 7) is 7.19. The number of aliphatic hydroxyl groups excluding tert-OH is 1. The maximum absolute atomic E-state index is 9.43. The van der Waals surface area contributed by atoms with E-state index in [1.807, 2.05) is 20.8 Å². The first kappa shape index (κ1) is 13.6. The molecule has 0 unspecified atom stereocenters. The molecule has 0 radical (unpaired) electrons. The van der Waals surface area contributed by atoms with Crippen molar-refractivity contribution in [2.45, 2.75) is 27.4 Å². The Balaban J connectivity index is 3.17. The molecule has 0 bridgehead atoms. The summed E-state index contributed by atoms with van der Waals surface area (Å²) in [6, 6.07) is 3.60. The van der Waals surface area contributed by atoms with Crippen LogP contribution in [0.15, 0.2) is 12.1 Å².